The Morgan fingerprint density at radius 2 is 1.96 bits per heavy atom. The average Bonchev–Trinajstić information content (AvgIpc) is 3.01. The minimum Gasteiger partial charge on any atom is -0.467 e. The van der Waals surface area contributed by atoms with Crippen LogP contribution in [0.15, 0.2) is 47.1 Å². The molecule has 2 aromatic rings. The van der Waals surface area contributed by atoms with E-state index < -0.39 is 0 Å². The Morgan fingerprint density at radius 3 is 2.58 bits per heavy atom. The number of benzene rings is 1. The summed E-state index contributed by atoms with van der Waals surface area (Å²) in [4.78, 5) is 14.1. The van der Waals surface area contributed by atoms with Gasteiger partial charge >= 0.3 is 0 Å². The van der Waals surface area contributed by atoms with E-state index in [4.69, 9.17) is 10.2 Å². The Hall–Kier alpha value is -1.53. The van der Waals surface area contributed by atoms with Gasteiger partial charge in [0.1, 0.15) is 12.0 Å². The first-order chi connectivity index (χ1) is 10.7. The van der Waals surface area contributed by atoms with E-state index in [2.05, 4.69) is 29.4 Å². The Kier molecular flexibility index (Phi) is 11.2. The summed E-state index contributed by atoms with van der Waals surface area (Å²) in [6.45, 7) is 2.78. The highest BCUT2D eigenvalue weighted by Crippen LogP contribution is 2.07. The van der Waals surface area contributed by atoms with Crippen LogP contribution in [0.3, 0.4) is 0 Å². The van der Waals surface area contributed by atoms with Crippen molar-refractivity contribution in [1.82, 2.24) is 10.2 Å². The molecule has 7 heteroatoms. The summed E-state index contributed by atoms with van der Waals surface area (Å²) >= 11 is 0. The van der Waals surface area contributed by atoms with Gasteiger partial charge in [0, 0.05) is 13.1 Å². The molecule has 1 aromatic carbocycles. The van der Waals surface area contributed by atoms with E-state index in [1.165, 1.54) is 11.8 Å². The lowest BCUT2D eigenvalue weighted by atomic mass is 10.2. The minimum atomic E-state index is -0.117. The molecule has 2 rings (SSSR count). The second-order valence-corrected chi connectivity index (χ2v) is 5.34. The van der Waals surface area contributed by atoms with Crippen LogP contribution < -0.4 is 11.1 Å². The van der Waals surface area contributed by atoms with Gasteiger partial charge in [-0.1, -0.05) is 30.3 Å². The number of halogens is 2. The molecular weight excluding hydrogens is 349 g/mol. The number of hydrogen-bond donors (Lipinski definition) is 2. The van der Waals surface area contributed by atoms with E-state index in [1.54, 1.807) is 6.07 Å². The molecule has 0 saturated carbocycles. The van der Waals surface area contributed by atoms with E-state index in [-0.39, 0.29) is 30.7 Å². The smallest absolute Gasteiger partial charge is 0.254 e. The first-order valence-electron chi connectivity index (χ1n) is 7.47. The van der Waals surface area contributed by atoms with Gasteiger partial charge in [-0.25, -0.2) is 0 Å². The number of nitrogens with two attached hydrogens (primary N) is 1. The normalized spacial score (nSPS) is 9.96. The molecule has 0 aliphatic heterocycles. The highest BCUT2D eigenvalue weighted by atomic mass is 35.5. The van der Waals surface area contributed by atoms with E-state index in [1.807, 2.05) is 18.2 Å². The molecule has 3 N–H and O–H groups in total. The lowest BCUT2D eigenvalue weighted by Crippen LogP contribution is -2.27. The molecule has 24 heavy (non-hydrogen) atoms. The summed E-state index contributed by atoms with van der Waals surface area (Å²) in [7, 11) is 2.08. The van der Waals surface area contributed by atoms with Crippen molar-refractivity contribution in [2.45, 2.75) is 19.5 Å². The van der Waals surface area contributed by atoms with Gasteiger partial charge in [-0.2, -0.15) is 0 Å². The Bertz CT molecular complexity index is 591. The van der Waals surface area contributed by atoms with E-state index in [9.17, 15) is 4.79 Å². The van der Waals surface area contributed by atoms with Crippen LogP contribution in [-0.4, -0.2) is 30.9 Å². The maximum atomic E-state index is 11.9. The number of rotatable bonds is 8. The maximum absolute atomic E-state index is 11.9. The molecule has 0 bridgehead atoms. The maximum Gasteiger partial charge on any atom is 0.254 e. The van der Waals surface area contributed by atoms with Crippen molar-refractivity contribution < 1.29 is 9.21 Å². The van der Waals surface area contributed by atoms with Crippen molar-refractivity contribution in [3.63, 3.8) is 0 Å². The van der Waals surface area contributed by atoms with Crippen LogP contribution in [0.4, 0.5) is 0 Å². The zero-order valence-corrected chi connectivity index (χ0v) is 15.4. The molecule has 1 amide bonds. The number of hydrogen-bond acceptors (Lipinski definition) is 4. The molecular formula is C17H25Cl2N3O2. The van der Waals surface area contributed by atoms with Gasteiger partial charge in [0.2, 0.25) is 0 Å². The third-order valence-electron chi connectivity index (χ3n) is 3.41. The van der Waals surface area contributed by atoms with E-state index in [0.29, 0.717) is 24.4 Å². The zero-order valence-electron chi connectivity index (χ0n) is 13.7. The largest absolute Gasteiger partial charge is 0.467 e. The highest BCUT2D eigenvalue weighted by Gasteiger charge is 2.09. The van der Waals surface area contributed by atoms with E-state index in [0.717, 1.165) is 19.5 Å². The second kappa shape index (κ2) is 11.9. The Labute approximate surface area is 155 Å². The van der Waals surface area contributed by atoms with Crippen LogP contribution in [-0.2, 0) is 13.1 Å². The molecule has 0 fully saturated rings. The first-order valence-corrected chi connectivity index (χ1v) is 7.47. The number of furan rings is 1. The van der Waals surface area contributed by atoms with Crippen LogP contribution in [0.2, 0.25) is 0 Å². The molecule has 1 aromatic heterocycles. The van der Waals surface area contributed by atoms with Crippen LogP contribution in [0.5, 0.6) is 0 Å². The number of nitrogens with one attached hydrogen (secondary N) is 1. The van der Waals surface area contributed by atoms with Crippen molar-refractivity contribution in [3.05, 3.63) is 59.5 Å². The van der Waals surface area contributed by atoms with Gasteiger partial charge in [0.15, 0.2) is 0 Å². The fourth-order valence-electron chi connectivity index (χ4n) is 2.23. The molecule has 0 unspecified atom stereocenters. The van der Waals surface area contributed by atoms with Crippen molar-refractivity contribution in [2.75, 3.05) is 20.1 Å². The number of nitrogens with zero attached hydrogens (tertiary/aromatic N) is 1. The molecule has 0 saturated heterocycles. The molecule has 5 nitrogen and oxygen atoms in total. The highest BCUT2D eigenvalue weighted by molar-refractivity contribution is 5.93. The van der Waals surface area contributed by atoms with Crippen LogP contribution in [0.25, 0.3) is 0 Å². The van der Waals surface area contributed by atoms with Crippen molar-refractivity contribution in [1.29, 1.82) is 0 Å². The van der Waals surface area contributed by atoms with Gasteiger partial charge in [0.05, 0.1) is 12.1 Å². The van der Waals surface area contributed by atoms with Gasteiger partial charge in [-0.05, 0) is 31.6 Å². The van der Waals surface area contributed by atoms with Crippen molar-refractivity contribution in [2.24, 2.45) is 5.73 Å². The topological polar surface area (TPSA) is 71.5 Å². The van der Waals surface area contributed by atoms with Crippen molar-refractivity contribution >= 4 is 30.7 Å². The Balaban J connectivity index is 0.00000264. The third kappa shape index (κ3) is 7.36. The van der Waals surface area contributed by atoms with Crippen LogP contribution in [0.1, 0.15) is 28.1 Å². The monoisotopic (exact) mass is 373 g/mol. The third-order valence-corrected chi connectivity index (χ3v) is 3.41. The number of carbonyl (C=O) groups is 1. The zero-order chi connectivity index (χ0) is 15.8. The summed E-state index contributed by atoms with van der Waals surface area (Å²) in [5.74, 6) is 0.502. The fourth-order valence-corrected chi connectivity index (χ4v) is 2.23. The lowest BCUT2D eigenvalue weighted by Gasteiger charge is -2.16. The van der Waals surface area contributed by atoms with Crippen molar-refractivity contribution in [3.8, 4) is 0 Å². The quantitative estimate of drug-likeness (QED) is 0.697. The number of carbonyl (C=O) groups excluding carboxylic acids is 1. The predicted molar refractivity (Wildman–Crippen MR) is 101 cm³/mol. The van der Waals surface area contributed by atoms with Gasteiger partial charge in [-0.3, -0.25) is 4.79 Å². The average molecular weight is 374 g/mol. The lowest BCUT2D eigenvalue weighted by molar-refractivity contribution is 0.0951. The minimum absolute atomic E-state index is 0. The SMILES string of the molecule is CN(CCCNC(=O)c1coc(CN)c1)Cc1ccccc1.Cl.Cl. The molecule has 0 spiro atoms. The summed E-state index contributed by atoms with van der Waals surface area (Å²) in [6.07, 6.45) is 2.34. The first kappa shape index (κ1) is 22.5. The molecule has 1 heterocycles. The van der Waals surface area contributed by atoms with Crippen LogP contribution >= 0.6 is 24.8 Å². The number of amides is 1. The molecule has 0 radical (unpaired) electrons. The Morgan fingerprint density at radius 1 is 1.25 bits per heavy atom. The standard InChI is InChI=1S/C17H23N3O2.2ClH/c1-20(12-14-6-3-2-4-7-14)9-5-8-19-17(21)15-10-16(11-18)22-13-15;;/h2-4,6-7,10,13H,5,8-9,11-12,18H2,1H3,(H,19,21);2*1H. The van der Waals surface area contributed by atoms with Crippen LogP contribution in [0, 0.1) is 0 Å². The molecule has 0 aliphatic rings. The van der Waals surface area contributed by atoms with E-state index >= 15 is 0 Å². The van der Waals surface area contributed by atoms with Gasteiger partial charge in [-0.15, -0.1) is 24.8 Å². The predicted octanol–water partition coefficient (Wildman–Crippen LogP) is 2.83. The molecule has 0 atom stereocenters. The summed E-state index contributed by atoms with van der Waals surface area (Å²) in [5, 5.41) is 2.89. The second-order valence-electron chi connectivity index (χ2n) is 5.34. The molecule has 0 aliphatic carbocycles. The summed E-state index contributed by atoms with van der Waals surface area (Å²) < 4.78 is 5.15. The van der Waals surface area contributed by atoms with Gasteiger partial charge < -0.3 is 20.4 Å². The fraction of sp³-hybridized carbons (Fsp3) is 0.353. The molecule has 134 valence electrons. The summed E-state index contributed by atoms with van der Waals surface area (Å²) in [5.41, 5.74) is 7.27. The summed E-state index contributed by atoms with van der Waals surface area (Å²) in [6, 6.07) is 12.0. The van der Waals surface area contributed by atoms with Gasteiger partial charge in [0.25, 0.3) is 5.91 Å².